The predicted octanol–water partition coefficient (Wildman–Crippen LogP) is 6.49. The lowest BCUT2D eigenvalue weighted by Gasteiger charge is -2.11. The van der Waals surface area contributed by atoms with E-state index in [9.17, 15) is 4.79 Å². The van der Waals surface area contributed by atoms with E-state index in [4.69, 9.17) is 23.2 Å². The van der Waals surface area contributed by atoms with E-state index in [1.165, 1.54) is 22.2 Å². The number of benzene rings is 2. The largest absolute Gasteiger partial charge is 0.268 e. The Labute approximate surface area is 208 Å². The first kappa shape index (κ1) is 21.2. The molecule has 5 nitrogen and oxygen atoms in total. The molecular weight excluding hydrogens is 495 g/mol. The zero-order valence-electron chi connectivity index (χ0n) is 17.6. The molecule has 3 aromatic heterocycles. The fourth-order valence-electron chi connectivity index (χ4n) is 4.38. The Morgan fingerprint density at radius 2 is 1.82 bits per heavy atom. The van der Waals surface area contributed by atoms with Crippen molar-refractivity contribution in [2.24, 2.45) is 0 Å². The number of aromatic nitrogens is 4. The summed E-state index contributed by atoms with van der Waals surface area (Å²) in [6.45, 7) is 2.03. The molecule has 166 valence electrons. The van der Waals surface area contributed by atoms with Crippen LogP contribution in [0.4, 0.5) is 0 Å². The van der Waals surface area contributed by atoms with Crippen molar-refractivity contribution in [1.82, 2.24) is 19.2 Å². The summed E-state index contributed by atoms with van der Waals surface area (Å²) in [6, 6.07) is 13.4. The van der Waals surface area contributed by atoms with Gasteiger partial charge in [-0.05, 0) is 61.6 Å². The maximum atomic E-state index is 13.8. The number of halogens is 2. The van der Waals surface area contributed by atoms with Gasteiger partial charge < -0.3 is 0 Å². The van der Waals surface area contributed by atoms with Gasteiger partial charge in [0.15, 0.2) is 5.16 Å². The van der Waals surface area contributed by atoms with Crippen LogP contribution in [0.1, 0.15) is 28.0 Å². The molecule has 1 aliphatic carbocycles. The maximum absolute atomic E-state index is 13.8. The van der Waals surface area contributed by atoms with Gasteiger partial charge in [-0.25, -0.2) is 8.97 Å². The molecule has 9 heteroatoms. The van der Waals surface area contributed by atoms with E-state index in [2.05, 4.69) is 10.2 Å². The second-order valence-electron chi connectivity index (χ2n) is 8.12. The van der Waals surface area contributed by atoms with Gasteiger partial charge in [-0.15, -0.1) is 21.5 Å². The zero-order chi connectivity index (χ0) is 22.7. The van der Waals surface area contributed by atoms with Gasteiger partial charge in [-0.1, -0.05) is 58.7 Å². The zero-order valence-corrected chi connectivity index (χ0v) is 20.8. The van der Waals surface area contributed by atoms with E-state index < -0.39 is 0 Å². The van der Waals surface area contributed by atoms with E-state index in [1.54, 1.807) is 15.9 Å². The lowest BCUT2D eigenvalue weighted by atomic mass is 10.2. The molecule has 0 amide bonds. The Kier molecular flexibility index (Phi) is 5.25. The van der Waals surface area contributed by atoms with Gasteiger partial charge in [0.1, 0.15) is 4.83 Å². The number of thioether (sulfide) groups is 1. The molecule has 0 saturated carbocycles. The number of rotatable bonds is 4. The van der Waals surface area contributed by atoms with Gasteiger partial charge in [-0.3, -0.25) is 4.79 Å². The van der Waals surface area contributed by atoms with Crippen LogP contribution in [0.15, 0.2) is 52.4 Å². The third-order valence-corrected chi connectivity index (χ3v) is 8.98. The van der Waals surface area contributed by atoms with Gasteiger partial charge >= 0.3 is 0 Å². The predicted molar refractivity (Wildman–Crippen MR) is 137 cm³/mol. The quantitative estimate of drug-likeness (QED) is 0.258. The van der Waals surface area contributed by atoms with E-state index >= 15 is 0 Å². The first-order chi connectivity index (χ1) is 16.0. The van der Waals surface area contributed by atoms with Crippen LogP contribution in [0.2, 0.25) is 10.0 Å². The smallest absolute Gasteiger partial charge is 0.268 e. The summed E-state index contributed by atoms with van der Waals surface area (Å²) in [5, 5.41) is 11.7. The monoisotopic (exact) mass is 512 g/mol. The third kappa shape index (κ3) is 3.41. The van der Waals surface area contributed by atoms with Crippen molar-refractivity contribution in [3.8, 4) is 5.69 Å². The summed E-state index contributed by atoms with van der Waals surface area (Å²) in [6.07, 6.45) is 3.04. The molecule has 0 saturated heterocycles. The fourth-order valence-corrected chi connectivity index (χ4v) is 7.49. The number of nitrogens with zero attached hydrogens (tertiary/aromatic N) is 4. The molecule has 0 fully saturated rings. The molecule has 0 spiro atoms. The van der Waals surface area contributed by atoms with Crippen molar-refractivity contribution in [3.63, 3.8) is 0 Å². The molecule has 0 radical (unpaired) electrons. The maximum Gasteiger partial charge on any atom is 0.268 e. The van der Waals surface area contributed by atoms with Crippen molar-refractivity contribution >= 4 is 62.3 Å². The number of aryl methyl sites for hydroxylation is 3. The normalized spacial score (nSPS) is 13.3. The first-order valence-electron chi connectivity index (χ1n) is 10.6. The third-order valence-electron chi connectivity index (χ3n) is 6.04. The summed E-state index contributed by atoms with van der Waals surface area (Å²) in [5.41, 5.74) is 3.93. The molecule has 0 unspecified atom stereocenters. The SMILES string of the molecule is Cc1ccc(-n2c(=O)c3c4c(sc3n3c(SCc5c(Cl)cccc5Cl)nnc23)CCC4)cc1. The van der Waals surface area contributed by atoms with Crippen LogP contribution in [-0.4, -0.2) is 19.2 Å². The average Bonchev–Trinajstić information content (AvgIpc) is 3.49. The minimum Gasteiger partial charge on any atom is -0.268 e. The average molecular weight is 513 g/mol. The van der Waals surface area contributed by atoms with Gasteiger partial charge in [0.05, 0.1) is 11.1 Å². The van der Waals surface area contributed by atoms with Crippen LogP contribution < -0.4 is 5.56 Å². The molecular formula is C24H18Cl2N4OS2. The van der Waals surface area contributed by atoms with Crippen molar-refractivity contribution in [2.45, 2.75) is 37.1 Å². The molecule has 5 aromatic rings. The second kappa shape index (κ2) is 8.17. The van der Waals surface area contributed by atoms with E-state index in [-0.39, 0.29) is 5.56 Å². The van der Waals surface area contributed by atoms with Crippen LogP contribution >= 0.6 is 46.3 Å². The molecule has 0 atom stereocenters. The van der Waals surface area contributed by atoms with E-state index in [0.29, 0.717) is 26.7 Å². The Balaban J connectivity index is 1.58. The van der Waals surface area contributed by atoms with Gasteiger partial charge in [0.25, 0.3) is 5.56 Å². The molecule has 0 bridgehead atoms. The molecule has 1 aliphatic rings. The Hall–Kier alpha value is -2.32. The van der Waals surface area contributed by atoms with Crippen LogP contribution in [-0.2, 0) is 18.6 Å². The van der Waals surface area contributed by atoms with Crippen LogP contribution in [0.5, 0.6) is 0 Å². The Bertz CT molecular complexity index is 1580. The van der Waals surface area contributed by atoms with Crippen molar-refractivity contribution in [3.05, 3.63) is 84.4 Å². The van der Waals surface area contributed by atoms with Crippen LogP contribution in [0.25, 0.3) is 21.7 Å². The summed E-state index contributed by atoms with van der Waals surface area (Å²) >= 11 is 16.0. The number of thiophene rings is 1. The highest BCUT2D eigenvalue weighted by atomic mass is 35.5. The minimum atomic E-state index is -0.0288. The highest BCUT2D eigenvalue weighted by Crippen LogP contribution is 2.38. The molecule has 6 rings (SSSR count). The van der Waals surface area contributed by atoms with Crippen molar-refractivity contribution in [2.75, 3.05) is 0 Å². The minimum absolute atomic E-state index is 0.0288. The van der Waals surface area contributed by atoms with E-state index in [0.717, 1.165) is 46.3 Å². The Morgan fingerprint density at radius 3 is 2.58 bits per heavy atom. The van der Waals surface area contributed by atoms with Crippen LogP contribution in [0.3, 0.4) is 0 Å². The van der Waals surface area contributed by atoms with Gasteiger partial charge in [0.2, 0.25) is 5.78 Å². The summed E-state index contributed by atoms with van der Waals surface area (Å²) < 4.78 is 3.71. The molecule has 3 heterocycles. The standard InChI is InChI=1S/C24H18Cl2N4OS2/c1-13-8-10-14(11-9-13)29-21(31)20-15-4-2-7-19(15)33-22(20)30-23(29)27-28-24(30)32-12-16-17(25)5-3-6-18(16)26/h3,5-6,8-11H,2,4,7,12H2,1H3. The van der Waals surface area contributed by atoms with Gasteiger partial charge in [-0.2, -0.15) is 0 Å². The summed E-state index contributed by atoms with van der Waals surface area (Å²) in [7, 11) is 0. The number of hydrogen-bond acceptors (Lipinski definition) is 5. The highest BCUT2D eigenvalue weighted by Gasteiger charge is 2.26. The lowest BCUT2D eigenvalue weighted by Crippen LogP contribution is -2.21. The fraction of sp³-hybridized carbons (Fsp3) is 0.208. The van der Waals surface area contributed by atoms with Crippen molar-refractivity contribution in [1.29, 1.82) is 0 Å². The summed E-state index contributed by atoms with van der Waals surface area (Å²) in [4.78, 5) is 16.0. The second-order valence-corrected chi connectivity index (χ2v) is 11.0. The lowest BCUT2D eigenvalue weighted by molar-refractivity contribution is 0.910. The number of fused-ring (bicyclic) bond motifs is 5. The van der Waals surface area contributed by atoms with Gasteiger partial charge in [0, 0.05) is 20.7 Å². The highest BCUT2D eigenvalue weighted by molar-refractivity contribution is 7.98. The topological polar surface area (TPSA) is 52.2 Å². The number of hydrogen-bond donors (Lipinski definition) is 0. The van der Waals surface area contributed by atoms with Crippen molar-refractivity contribution < 1.29 is 0 Å². The molecule has 0 aliphatic heterocycles. The Morgan fingerprint density at radius 1 is 1.06 bits per heavy atom. The molecule has 0 N–H and O–H groups in total. The molecule has 2 aromatic carbocycles. The van der Waals surface area contributed by atoms with Crippen LogP contribution in [0, 0.1) is 6.92 Å². The molecule has 33 heavy (non-hydrogen) atoms. The first-order valence-corrected chi connectivity index (χ1v) is 13.2. The van der Waals surface area contributed by atoms with E-state index in [1.807, 2.05) is 53.8 Å². The summed E-state index contributed by atoms with van der Waals surface area (Å²) in [5.74, 6) is 1.07.